The van der Waals surface area contributed by atoms with Crippen LogP contribution in [0.4, 0.5) is 4.39 Å². The van der Waals surface area contributed by atoms with Crippen molar-refractivity contribution in [3.8, 4) is 0 Å². The Labute approximate surface area is 41.8 Å². The normalized spacial score (nSPS) is 11.6. The van der Waals surface area contributed by atoms with E-state index in [1.807, 2.05) is 0 Å². The van der Waals surface area contributed by atoms with Crippen LogP contribution >= 0.6 is 0 Å². The molecule has 0 aliphatic heterocycles. The Kier molecular flexibility index (Phi) is 2.27. The molecule has 0 aromatic heterocycles. The zero-order valence-corrected chi connectivity index (χ0v) is 4.36. The number of hydrogen-bond acceptors (Lipinski definition) is 1. The number of carbonyl (C=O) groups excluding carboxylic acids is 1. The van der Waals surface area contributed by atoms with E-state index in [4.69, 9.17) is 0 Å². The zero-order valence-electron chi connectivity index (χ0n) is 4.36. The van der Waals surface area contributed by atoms with Gasteiger partial charge >= 0.3 is 0 Å². The maximum absolute atomic E-state index is 11.8. The van der Waals surface area contributed by atoms with Gasteiger partial charge in [0, 0.05) is 6.92 Å². The van der Waals surface area contributed by atoms with E-state index in [1.54, 1.807) is 0 Å². The molecule has 0 amide bonds. The van der Waals surface area contributed by atoms with Crippen molar-refractivity contribution < 1.29 is 9.18 Å². The largest absolute Gasteiger partial charge is 0.292 e. The van der Waals surface area contributed by atoms with Gasteiger partial charge in [-0.25, -0.2) is 4.39 Å². The first-order valence-corrected chi connectivity index (χ1v) is 2.01. The molecule has 0 radical (unpaired) electrons. The molecule has 0 N–H and O–H groups in total. The van der Waals surface area contributed by atoms with Gasteiger partial charge in [0.15, 0.2) is 11.6 Å². The summed E-state index contributed by atoms with van der Waals surface area (Å²) in [6.07, 6.45) is 1.14. The van der Waals surface area contributed by atoms with Crippen molar-refractivity contribution in [1.82, 2.24) is 0 Å². The van der Waals surface area contributed by atoms with E-state index in [-0.39, 0.29) is 0 Å². The molecule has 0 aliphatic rings. The molecule has 0 spiro atoms. The minimum atomic E-state index is -0.667. The summed E-state index contributed by atoms with van der Waals surface area (Å²) in [6, 6.07) is 0. The summed E-state index contributed by atoms with van der Waals surface area (Å²) < 4.78 is 11.8. The highest BCUT2D eigenvalue weighted by atomic mass is 19.1. The fourth-order valence-corrected chi connectivity index (χ4v) is 0.203. The molecule has 0 unspecified atom stereocenters. The smallest absolute Gasteiger partial charge is 0.187 e. The summed E-state index contributed by atoms with van der Waals surface area (Å²) in [5.41, 5.74) is 0. The van der Waals surface area contributed by atoms with Crippen molar-refractivity contribution >= 4 is 5.78 Å². The van der Waals surface area contributed by atoms with Crippen LogP contribution in [0.1, 0.15) is 13.8 Å². The third kappa shape index (κ3) is 2.09. The van der Waals surface area contributed by atoms with Gasteiger partial charge in [0.05, 0.1) is 0 Å². The number of Topliss-reactive ketones (excluding diaryl/α,β-unsaturated/α-hetero) is 1. The Bertz CT molecular complexity index is 105. The fourth-order valence-electron chi connectivity index (χ4n) is 0.203. The number of hydrogen-bond donors (Lipinski definition) is 0. The van der Waals surface area contributed by atoms with Crippen molar-refractivity contribution in [3.05, 3.63) is 11.9 Å². The zero-order chi connectivity index (χ0) is 5.86. The van der Waals surface area contributed by atoms with E-state index in [9.17, 15) is 9.18 Å². The quantitative estimate of drug-likeness (QED) is 0.458. The Morgan fingerprint density at radius 1 is 1.71 bits per heavy atom. The van der Waals surface area contributed by atoms with E-state index >= 15 is 0 Å². The molecule has 0 heterocycles. The number of carbonyl (C=O) groups is 1. The van der Waals surface area contributed by atoms with Crippen molar-refractivity contribution in [2.45, 2.75) is 13.8 Å². The fraction of sp³-hybridized carbons (Fsp3) is 0.400. The maximum atomic E-state index is 11.8. The molecule has 0 rings (SSSR count). The van der Waals surface area contributed by atoms with Crippen LogP contribution in [0.2, 0.25) is 0 Å². The van der Waals surface area contributed by atoms with Gasteiger partial charge in [0.2, 0.25) is 0 Å². The monoisotopic (exact) mass is 102 g/mol. The van der Waals surface area contributed by atoms with Gasteiger partial charge in [-0.1, -0.05) is 0 Å². The molecular formula is C5H7FO. The van der Waals surface area contributed by atoms with Crippen LogP contribution in [0.25, 0.3) is 0 Å². The molecule has 7 heavy (non-hydrogen) atoms. The van der Waals surface area contributed by atoms with Crippen molar-refractivity contribution in [2.24, 2.45) is 0 Å². The molecule has 0 atom stereocenters. The average Bonchev–Trinajstić information content (AvgIpc) is 1.65. The molecule has 0 saturated carbocycles. The Morgan fingerprint density at radius 3 is 2.14 bits per heavy atom. The molecule has 0 bridgehead atoms. The van der Waals surface area contributed by atoms with Crippen LogP contribution in [0, 0.1) is 0 Å². The topological polar surface area (TPSA) is 17.1 Å². The van der Waals surface area contributed by atoms with E-state index in [1.165, 1.54) is 13.8 Å². The second-order valence-corrected chi connectivity index (χ2v) is 1.19. The first kappa shape index (κ1) is 6.34. The van der Waals surface area contributed by atoms with Gasteiger partial charge in [-0.3, -0.25) is 4.79 Å². The summed E-state index contributed by atoms with van der Waals surface area (Å²) in [5.74, 6) is -1.18. The lowest BCUT2D eigenvalue weighted by atomic mass is 10.4. The second-order valence-electron chi connectivity index (χ2n) is 1.19. The molecule has 1 nitrogen and oxygen atoms in total. The molecule has 0 fully saturated rings. The summed E-state index contributed by atoms with van der Waals surface area (Å²) >= 11 is 0. The third-order valence-corrected chi connectivity index (χ3v) is 0.590. The summed E-state index contributed by atoms with van der Waals surface area (Å²) in [6.45, 7) is 2.67. The molecule has 40 valence electrons. The molecule has 0 aromatic carbocycles. The first-order valence-electron chi connectivity index (χ1n) is 2.01. The minimum absolute atomic E-state index is 0.512. The average molecular weight is 102 g/mol. The highest BCUT2D eigenvalue weighted by Crippen LogP contribution is 1.94. The van der Waals surface area contributed by atoms with Crippen molar-refractivity contribution in [1.29, 1.82) is 0 Å². The van der Waals surface area contributed by atoms with Gasteiger partial charge in [0.1, 0.15) is 0 Å². The number of ketones is 1. The Morgan fingerprint density at radius 2 is 2.14 bits per heavy atom. The Balaban J connectivity index is 3.82. The van der Waals surface area contributed by atoms with Crippen LogP contribution < -0.4 is 0 Å². The van der Waals surface area contributed by atoms with Crippen LogP contribution in [-0.4, -0.2) is 5.78 Å². The predicted octanol–water partition coefficient (Wildman–Crippen LogP) is 1.45. The van der Waals surface area contributed by atoms with Crippen LogP contribution in [0.15, 0.2) is 11.9 Å². The third-order valence-electron chi connectivity index (χ3n) is 0.590. The molecule has 0 aliphatic carbocycles. The first-order chi connectivity index (χ1) is 3.18. The number of rotatable bonds is 1. The van der Waals surface area contributed by atoms with E-state index in [0.717, 1.165) is 6.08 Å². The SMILES string of the molecule is C/C=C(\F)C(C)=O. The lowest BCUT2D eigenvalue weighted by Crippen LogP contribution is -1.86. The van der Waals surface area contributed by atoms with E-state index < -0.39 is 11.6 Å². The van der Waals surface area contributed by atoms with Gasteiger partial charge in [-0.15, -0.1) is 0 Å². The summed E-state index contributed by atoms with van der Waals surface area (Å²) in [5, 5.41) is 0. The van der Waals surface area contributed by atoms with E-state index in [2.05, 4.69) is 0 Å². The van der Waals surface area contributed by atoms with E-state index in [0.29, 0.717) is 0 Å². The number of halogens is 1. The summed E-state index contributed by atoms with van der Waals surface area (Å²) in [7, 11) is 0. The lowest BCUT2D eigenvalue weighted by molar-refractivity contribution is -0.114. The molecule has 0 aromatic rings. The standard InChI is InChI=1S/C5H7FO/c1-3-5(6)4(2)7/h3H,1-2H3/b5-3-. The minimum Gasteiger partial charge on any atom is -0.292 e. The van der Waals surface area contributed by atoms with Gasteiger partial charge < -0.3 is 0 Å². The van der Waals surface area contributed by atoms with Gasteiger partial charge in [0.25, 0.3) is 0 Å². The molecule has 2 heteroatoms. The Hall–Kier alpha value is -0.660. The highest BCUT2D eigenvalue weighted by molar-refractivity contribution is 5.90. The van der Waals surface area contributed by atoms with Crippen LogP contribution in [0.3, 0.4) is 0 Å². The second kappa shape index (κ2) is 2.50. The van der Waals surface area contributed by atoms with Crippen molar-refractivity contribution in [2.75, 3.05) is 0 Å². The molecule has 0 saturated heterocycles. The number of allylic oxidation sites excluding steroid dienone is 2. The van der Waals surface area contributed by atoms with Gasteiger partial charge in [-0.2, -0.15) is 0 Å². The van der Waals surface area contributed by atoms with Crippen molar-refractivity contribution in [3.63, 3.8) is 0 Å². The highest BCUT2D eigenvalue weighted by Gasteiger charge is 1.95. The van der Waals surface area contributed by atoms with Gasteiger partial charge in [-0.05, 0) is 13.0 Å². The maximum Gasteiger partial charge on any atom is 0.187 e. The van der Waals surface area contributed by atoms with Crippen LogP contribution in [0.5, 0.6) is 0 Å². The lowest BCUT2D eigenvalue weighted by Gasteiger charge is -1.80. The predicted molar refractivity (Wildman–Crippen MR) is 25.5 cm³/mol. The summed E-state index contributed by atoms with van der Waals surface area (Å²) in [4.78, 5) is 9.93. The van der Waals surface area contributed by atoms with Crippen LogP contribution in [-0.2, 0) is 4.79 Å². The molecular weight excluding hydrogens is 95.1 g/mol.